The van der Waals surface area contributed by atoms with Crippen molar-refractivity contribution < 1.29 is 29.4 Å². The Balaban J connectivity index is -0.00000000750. The van der Waals surface area contributed by atoms with E-state index in [1.165, 1.54) is 0 Å². The predicted molar refractivity (Wildman–Crippen MR) is 32.6 cm³/mol. The summed E-state index contributed by atoms with van der Waals surface area (Å²) in [5, 5.41) is 7.42. The summed E-state index contributed by atoms with van der Waals surface area (Å²) in [6, 6.07) is 0. The third-order valence-corrected chi connectivity index (χ3v) is 0. The fraction of sp³-hybridized carbons (Fsp3) is 0.200. The Bertz CT molecular complexity index is 33.4. The van der Waals surface area contributed by atoms with Crippen molar-refractivity contribution in [3.63, 3.8) is 0 Å². The van der Waals surface area contributed by atoms with Crippen LogP contribution >= 0.6 is 0 Å². The molecule has 0 aliphatic heterocycles. The maximum atomic E-state index is 9.00. The Morgan fingerprint density at radius 2 is 1.25 bits per heavy atom. The molecule has 3 heteroatoms. The van der Waals surface area contributed by atoms with Crippen LogP contribution in [-0.2, 0) is 24.3 Å². The Labute approximate surface area is 65.1 Å². The average molecular weight is 206 g/mol. The van der Waals surface area contributed by atoms with E-state index >= 15 is 0 Å². The SMILES string of the molecule is CC(=O)O.[CH3-].[CH3-].[CH3-].[Ru+3]. The van der Waals surface area contributed by atoms with Gasteiger partial charge in [-0.05, 0) is 0 Å². The zero-order chi connectivity index (χ0) is 3.58. The summed E-state index contributed by atoms with van der Waals surface area (Å²) < 4.78 is 0. The van der Waals surface area contributed by atoms with Crippen LogP contribution < -0.4 is 0 Å². The number of carboxylic acid groups (broad SMARTS) is 1. The third-order valence-electron chi connectivity index (χ3n) is 0. The second-order valence-electron chi connectivity index (χ2n) is 0.519. The normalized spacial score (nSPS) is 3.12. The van der Waals surface area contributed by atoms with Gasteiger partial charge in [0.15, 0.2) is 0 Å². The van der Waals surface area contributed by atoms with E-state index in [1.807, 2.05) is 0 Å². The summed E-state index contributed by atoms with van der Waals surface area (Å²) in [4.78, 5) is 9.00. The van der Waals surface area contributed by atoms with E-state index in [2.05, 4.69) is 0 Å². The third kappa shape index (κ3) is 18100. The summed E-state index contributed by atoms with van der Waals surface area (Å²) in [6.45, 7) is 1.08. The van der Waals surface area contributed by atoms with Crippen LogP contribution in [0.3, 0.4) is 0 Å². The van der Waals surface area contributed by atoms with Gasteiger partial charge in [0, 0.05) is 6.92 Å². The molecule has 0 aliphatic carbocycles. The number of aliphatic carboxylic acids is 1. The molecular weight excluding hydrogens is 193 g/mol. The molecule has 0 fully saturated rings. The maximum absolute atomic E-state index is 9.00. The molecule has 0 aromatic carbocycles. The molecule has 0 saturated carbocycles. The number of carboxylic acids is 1. The molecule has 0 atom stereocenters. The number of hydrogen-bond donors (Lipinski definition) is 1. The van der Waals surface area contributed by atoms with Crippen molar-refractivity contribution in [2.45, 2.75) is 6.92 Å². The van der Waals surface area contributed by atoms with E-state index in [0.717, 1.165) is 6.92 Å². The Kier molecular flexibility index (Phi) is 146. The molecule has 0 amide bonds. The first kappa shape index (κ1) is 42.6. The zero-order valence-corrected chi connectivity index (χ0v) is 7.45. The van der Waals surface area contributed by atoms with E-state index in [9.17, 15) is 0 Å². The minimum atomic E-state index is -0.833. The van der Waals surface area contributed by atoms with Gasteiger partial charge in [-0.15, -0.1) is 0 Å². The van der Waals surface area contributed by atoms with Crippen LogP contribution in [0.15, 0.2) is 0 Å². The fourth-order valence-corrected chi connectivity index (χ4v) is 0. The minimum absolute atomic E-state index is 0. The quantitative estimate of drug-likeness (QED) is 0.481. The van der Waals surface area contributed by atoms with Crippen LogP contribution in [0.1, 0.15) is 6.92 Å². The molecular formula is C5H13O2Ru. The second-order valence-corrected chi connectivity index (χ2v) is 0.519. The van der Waals surface area contributed by atoms with Crippen LogP contribution in [0, 0.1) is 22.3 Å². The Morgan fingerprint density at radius 1 is 1.25 bits per heavy atom. The first-order valence-electron chi connectivity index (χ1n) is 0.928. The van der Waals surface area contributed by atoms with Gasteiger partial charge in [0.2, 0.25) is 0 Å². The molecule has 0 aromatic heterocycles. The van der Waals surface area contributed by atoms with Gasteiger partial charge in [0.25, 0.3) is 5.97 Å². The molecule has 2 nitrogen and oxygen atoms in total. The van der Waals surface area contributed by atoms with Gasteiger partial charge in [-0.2, -0.15) is 0 Å². The molecule has 1 N–H and O–H groups in total. The summed E-state index contributed by atoms with van der Waals surface area (Å²) in [7, 11) is 0. The first-order valence-corrected chi connectivity index (χ1v) is 0.928. The van der Waals surface area contributed by atoms with E-state index in [0.29, 0.717) is 0 Å². The molecule has 0 aliphatic rings. The molecule has 0 rings (SSSR count). The van der Waals surface area contributed by atoms with Crippen molar-refractivity contribution in [3.05, 3.63) is 22.3 Å². The Morgan fingerprint density at radius 3 is 1.25 bits per heavy atom. The van der Waals surface area contributed by atoms with Crippen LogP contribution in [-0.4, -0.2) is 11.1 Å². The van der Waals surface area contributed by atoms with Crippen LogP contribution in [0.25, 0.3) is 0 Å². The second kappa shape index (κ2) is 27.5. The van der Waals surface area contributed by atoms with E-state index in [4.69, 9.17) is 9.90 Å². The van der Waals surface area contributed by atoms with E-state index in [1.54, 1.807) is 0 Å². The van der Waals surface area contributed by atoms with Gasteiger partial charge >= 0.3 is 19.5 Å². The van der Waals surface area contributed by atoms with Crippen molar-refractivity contribution in [1.82, 2.24) is 0 Å². The molecule has 8 heavy (non-hydrogen) atoms. The summed E-state index contributed by atoms with van der Waals surface area (Å²) >= 11 is 0. The van der Waals surface area contributed by atoms with Crippen molar-refractivity contribution >= 4 is 5.97 Å². The summed E-state index contributed by atoms with van der Waals surface area (Å²) in [6.07, 6.45) is 0. The number of hydrogen-bond acceptors (Lipinski definition) is 1. The van der Waals surface area contributed by atoms with E-state index < -0.39 is 5.97 Å². The zero-order valence-electron chi connectivity index (χ0n) is 5.71. The Hall–Kier alpha value is 0.0934. The van der Waals surface area contributed by atoms with Crippen LogP contribution in [0.5, 0.6) is 0 Å². The monoisotopic (exact) mass is 207 g/mol. The molecule has 0 spiro atoms. The van der Waals surface area contributed by atoms with Crippen molar-refractivity contribution in [3.8, 4) is 0 Å². The van der Waals surface area contributed by atoms with E-state index in [-0.39, 0.29) is 41.8 Å². The predicted octanol–water partition coefficient (Wildman–Crippen LogP) is 1.44. The molecule has 0 bridgehead atoms. The van der Waals surface area contributed by atoms with Gasteiger partial charge in [-0.3, -0.25) is 4.79 Å². The molecule has 0 aromatic rings. The summed E-state index contributed by atoms with van der Waals surface area (Å²) in [5.74, 6) is -0.833. The number of rotatable bonds is 0. The number of carbonyl (C=O) groups is 1. The van der Waals surface area contributed by atoms with Crippen molar-refractivity contribution in [2.24, 2.45) is 0 Å². The van der Waals surface area contributed by atoms with Gasteiger partial charge in [0.1, 0.15) is 0 Å². The van der Waals surface area contributed by atoms with Gasteiger partial charge < -0.3 is 27.4 Å². The maximum Gasteiger partial charge on any atom is 3.00 e. The average Bonchev–Trinajstić information content (AvgIpc) is 0.811. The smallest absolute Gasteiger partial charge is 0.481 e. The van der Waals surface area contributed by atoms with Crippen molar-refractivity contribution in [1.29, 1.82) is 0 Å². The van der Waals surface area contributed by atoms with Gasteiger partial charge in [-0.25, -0.2) is 0 Å². The minimum Gasteiger partial charge on any atom is -0.481 e. The molecule has 53 valence electrons. The summed E-state index contributed by atoms with van der Waals surface area (Å²) in [5.41, 5.74) is 0. The van der Waals surface area contributed by atoms with Crippen molar-refractivity contribution in [2.75, 3.05) is 0 Å². The molecule has 0 unspecified atom stereocenters. The van der Waals surface area contributed by atoms with Gasteiger partial charge in [-0.1, -0.05) is 0 Å². The topological polar surface area (TPSA) is 37.3 Å². The standard InChI is InChI=1S/C2H4O2.3CH3.Ru/c1-2(3)4;;;;/h1H3,(H,3,4);3*1H3;/q;3*-1;+3. The molecule has 0 heterocycles. The molecule has 1 radical (unpaired) electrons. The first-order chi connectivity index (χ1) is 1.73. The fourth-order valence-electron chi connectivity index (χ4n) is 0. The van der Waals surface area contributed by atoms with Crippen LogP contribution in [0.4, 0.5) is 0 Å². The largest absolute Gasteiger partial charge is 3.00 e. The van der Waals surface area contributed by atoms with Crippen LogP contribution in [0.2, 0.25) is 0 Å². The van der Waals surface area contributed by atoms with Gasteiger partial charge in [0.05, 0.1) is 0 Å². The molecule has 0 saturated heterocycles.